The fourth-order valence-electron chi connectivity index (χ4n) is 1.62. The Bertz CT molecular complexity index is 565. The summed E-state index contributed by atoms with van der Waals surface area (Å²) in [6, 6.07) is 10.6. The molecule has 0 aliphatic heterocycles. The summed E-state index contributed by atoms with van der Waals surface area (Å²) in [5, 5.41) is 10.7. The number of benzene rings is 1. The van der Waals surface area contributed by atoms with Gasteiger partial charge in [0.2, 0.25) is 0 Å². The van der Waals surface area contributed by atoms with Crippen molar-refractivity contribution in [1.29, 1.82) is 0 Å². The highest BCUT2D eigenvalue weighted by Gasteiger charge is 2.08. The summed E-state index contributed by atoms with van der Waals surface area (Å²) in [5.74, 6) is 0. The Balaban J connectivity index is 2.36. The van der Waals surface area contributed by atoms with Gasteiger partial charge in [-0.25, -0.2) is 0 Å². The molecule has 1 aromatic carbocycles. The summed E-state index contributed by atoms with van der Waals surface area (Å²) in [5.41, 5.74) is 2.60. The molecular formula is C13H13N3O2. The standard InChI is InChI=1S/C13H13N3O2/c1-15(2)11-5-3-10(4-6-11)13-9-12(16(17)18)7-8-14-13/h3-9H,1-2H3. The fourth-order valence-corrected chi connectivity index (χ4v) is 1.62. The molecule has 1 heterocycles. The van der Waals surface area contributed by atoms with Crippen LogP contribution in [0.1, 0.15) is 0 Å². The van der Waals surface area contributed by atoms with Crippen molar-refractivity contribution in [2.24, 2.45) is 0 Å². The van der Waals surface area contributed by atoms with Crippen molar-refractivity contribution >= 4 is 11.4 Å². The first-order valence-corrected chi connectivity index (χ1v) is 5.46. The van der Waals surface area contributed by atoms with Gasteiger partial charge in [0.25, 0.3) is 5.69 Å². The van der Waals surface area contributed by atoms with E-state index in [9.17, 15) is 10.1 Å². The van der Waals surface area contributed by atoms with Gasteiger partial charge in [-0.15, -0.1) is 0 Å². The molecule has 0 aliphatic rings. The molecule has 0 unspecified atom stereocenters. The smallest absolute Gasteiger partial charge is 0.273 e. The van der Waals surface area contributed by atoms with Gasteiger partial charge < -0.3 is 4.90 Å². The van der Waals surface area contributed by atoms with E-state index < -0.39 is 4.92 Å². The molecule has 2 rings (SSSR count). The maximum atomic E-state index is 10.7. The molecule has 0 atom stereocenters. The van der Waals surface area contributed by atoms with E-state index in [2.05, 4.69) is 4.98 Å². The van der Waals surface area contributed by atoms with Crippen molar-refractivity contribution in [1.82, 2.24) is 4.98 Å². The van der Waals surface area contributed by atoms with Crippen molar-refractivity contribution in [3.8, 4) is 11.3 Å². The molecule has 0 N–H and O–H groups in total. The average Bonchev–Trinajstić information content (AvgIpc) is 2.39. The minimum absolute atomic E-state index is 0.0525. The van der Waals surface area contributed by atoms with Crippen molar-refractivity contribution in [3.05, 3.63) is 52.7 Å². The zero-order chi connectivity index (χ0) is 13.1. The molecule has 0 saturated heterocycles. The number of aromatic nitrogens is 1. The second-order valence-electron chi connectivity index (χ2n) is 4.10. The van der Waals surface area contributed by atoms with Crippen LogP contribution in [0, 0.1) is 10.1 Å². The number of hydrogen-bond donors (Lipinski definition) is 0. The van der Waals surface area contributed by atoms with Crippen LogP contribution in [0.5, 0.6) is 0 Å². The van der Waals surface area contributed by atoms with Gasteiger partial charge in [0.05, 0.1) is 10.6 Å². The quantitative estimate of drug-likeness (QED) is 0.614. The topological polar surface area (TPSA) is 59.3 Å². The largest absolute Gasteiger partial charge is 0.378 e. The number of anilines is 1. The lowest BCUT2D eigenvalue weighted by Gasteiger charge is -2.12. The van der Waals surface area contributed by atoms with Gasteiger partial charge in [-0.1, -0.05) is 12.1 Å². The number of rotatable bonds is 3. The fraction of sp³-hybridized carbons (Fsp3) is 0.154. The van der Waals surface area contributed by atoms with Gasteiger partial charge in [0.15, 0.2) is 0 Å². The van der Waals surface area contributed by atoms with Crippen molar-refractivity contribution in [3.63, 3.8) is 0 Å². The van der Waals surface area contributed by atoms with Crippen molar-refractivity contribution < 1.29 is 4.92 Å². The Morgan fingerprint density at radius 1 is 1.17 bits per heavy atom. The second-order valence-corrected chi connectivity index (χ2v) is 4.10. The first kappa shape index (κ1) is 12.0. The molecule has 5 heteroatoms. The molecule has 2 aromatic rings. The molecule has 0 saturated carbocycles. The highest BCUT2D eigenvalue weighted by Crippen LogP contribution is 2.23. The molecule has 0 amide bonds. The zero-order valence-corrected chi connectivity index (χ0v) is 10.2. The number of nitro groups is 1. The summed E-state index contributed by atoms with van der Waals surface area (Å²) >= 11 is 0. The number of hydrogen-bond acceptors (Lipinski definition) is 4. The first-order chi connectivity index (χ1) is 8.58. The van der Waals surface area contributed by atoms with Crippen LogP contribution in [-0.4, -0.2) is 24.0 Å². The minimum atomic E-state index is -0.417. The Labute approximate surface area is 105 Å². The van der Waals surface area contributed by atoms with Crippen LogP contribution in [0.15, 0.2) is 42.6 Å². The lowest BCUT2D eigenvalue weighted by Crippen LogP contribution is -2.07. The van der Waals surface area contributed by atoms with Gasteiger partial charge in [0, 0.05) is 43.7 Å². The molecule has 0 radical (unpaired) electrons. The van der Waals surface area contributed by atoms with E-state index in [-0.39, 0.29) is 5.69 Å². The Kier molecular flexibility index (Phi) is 3.23. The molecule has 18 heavy (non-hydrogen) atoms. The molecule has 0 bridgehead atoms. The molecule has 92 valence electrons. The van der Waals surface area contributed by atoms with Gasteiger partial charge >= 0.3 is 0 Å². The molecule has 0 fully saturated rings. The molecular weight excluding hydrogens is 230 g/mol. The SMILES string of the molecule is CN(C)c1ccc(-c2cc([N+](=O)[O-])ccn2)cc1. The minimum Gasteiger partial charge on any atom is -0.378 e. The van der Waals surface area contributed by atoms with E-state index in [0.29, 0.717) is 5.69 Å². The highest BCUT2D eigenvalue weighted by molar-refractivity contribution is 5.64. The molecule has 1 aromatic heterocycles. The summed E-state index contributed by atoms with van der Waals surface area (Å²) < 4.78 is 0. The van der Waals surface area contributed by atoms with Gasteiger partial charge in [-0.05, 0) is 12.1 Å². The van der Waals surface area contributed by atoms with Crippen LogP contribution < -0.4 is 4.90 Å². The summed E-state index contributed by atoms with van der Waals surface area (Å²) in [7, 11) is 3.92. The van der Waals surface area contributed by atoms with E-state index >= 15 is 0 Å². The normalized spacial score (nSPS) is 10.1. The number of nitrogens with zero attached hydrogens (tertiary/aromatic N) is 3. The van der Waals surface area contributed by atoms with Gasteiger partial charge in [-0.3, -0.25) is 15.1 Å². The summed E-state index contributed by atoms with van der Waals surface area (Å²) in [4.78, 5) is 16.4. The third-order valence-electron chi connectivity index (χ3n) is 2.63. The van der Waals surface area contributed by atoms with Crippen LogP contribution >= 0.6 is 0 Å². The first-order valence-electron chi connectivity index (χ1n) is 5.46. The van der Waals surface area contributed by atoms with E-state index in [1.165, 1.54) is 18.3 Å². The van der Waals surface area contributed by atoms with Crippen molar-refractivity contribution in [2.45, 2.75) is 0 Å². The van der Waals surface area contributed by atoms with Crippen LogP contribution in [0.4, 0.5) is 11.4 Å². The zero-order valence-electron chi connectivity index (χ0n) is 10.2. The van der Waals surface area contributed by atoms with Crippen LogP contribution in [-0.2, 0) is 0 Å². The van der Waals surface area contributed by atoms with Crippen LogP contribution in [0.3, 0.4) is 0 Å². The second kappa shape index (κ2) is 4.83. The van der Waals surface area contributed by atoms with Crippen LogP contribution in [0.25, 0.3) is 11.3 Å². The molecule has 0 aliphatic carbocycles. The third-order valence-corrected chi connectivity index (χ3v) is 2.63. The lowest BCUT2D eigenvalue weighted by atomic mass is 10.1. The molecule has 5 nitrogen and oxygen atoms in total. The summed E-state index contributed by atoms with van der Waals surface area (Å²) in [6.07, 6.45) is 1.45. The number of pyridine rings is 1. The average molecular weight is 243 g/mol. The van der Waals surface area contributed by atoms with E-state index in [1.807, 2.05) is 43.3 Å². The Morgan fingerprint density at radius 3 is 2.39 bits per heavy atom. The Hall–Kier alpha value is -2.43. The van der Waals surface area contributed by atoms with E-state index in [0.717, 1.165) is 11.3 Å². The lowest BCUT2D eigenvalue weighted by molar-refractivity contribution is -0.384. The van der Waals surface area contributed by atoms with E-state index in [1.54, 1.807) is 0 Å². The van der Waals surface area contributed by atoms with Crippen LogP contribution in [0.2, 0.25) is 0 Å². The maximum absolute atomic E-state index is 10.7. The van der Waals surface area contributed by atoms with Gasteiger partial charge in [0.1, 0.15) is 0 Å². The predicted octanol–water partition coefficient (Wildman–Crippen LogP) is 2.72. The maximum Gasteiger partial charge on any atom is 0.273 e. The molecule has 0 spiro atoms. The van der Waals surface area contributed by atoms with Crippen molar-refractivity contribution in [2.75, 3.05) is 19.0 Å². The monoisotopic (exact) mass is 243 g/mol. The van der Waals surface area contributed by atoms with E-state index in [4.69, 9.17) is 0 Å². The third kappa shape index (κ3) is 2.45. The highest BCUT2D eigenvalue weighted by atomic mass is 16.6. The van der Waals surface area contributed by atoms with Gasteiger partial charge in [-0.2, -0.15) is 0 Å². The summed E-state index contributed by atoms with van der Waals surface area (Å²) in [6.45, 7) is 0. The predicted molar refractivity (Wildman–Crippen MR) is 70.7 cm³/mol. The Morgan fingerprint density at radius 2 is 1.83 bits per heavy atom.